The second-order valence-electron chi connectivity index (χ2n) is 8.36. The van der Waals surface area contributed by atoms with Crippen LogP contribution in [0.3, 0.4) is 0 Å². The molecule has 0 radical (unpaired) electrons. The minimum atomic E-state index is -0.678. The molecular weight excluding hydrogens is 430 g/mol. The third-order valence-corrected chi connectivity index (χ3v) is 6.08. The van der Waals surface area contributed by atoms with Gasteiger partial charge in [0.2, 0.25) is 5.76 Å². The summed E-state index contributed by atoms with van der Waals surface area (Å²) < 4.78 is 11.6. The van der Waals surface area contributed by atoms with Crippen molar-refractivity contribution in [1.82, 2.24) is 0 Å². The fraction of sp³-hybridized carbons (Fsp3) is 0.179. The first-order chi connectivity index (χ1) is 16.4. The number of hydrogen-bond acceptors (Lipinski definition) is 5. The van der Waals surface area contributed by atoms with Crippen LogP contribution in [0.5, 0.6) is 5.75 Å². The van der Waals surface area contributed by atoms with Crippen molar-refractivity contribution in [3.05, 3.63) is 105 Å². The van der Waals surface area contributed by atoms with Crippen LogP contribution in [0.15, 0.2) is 75.9 Å². The normalized spacial score (nSPS) is 15.0. The van der Waals surface area contributed by atoms with Gasteiger partial charge in [0.1, 0.15) is 11.3 Å². The summed E-state index contributed by atoms with van der Waals surface area (Å²) in [7, 11) is 0. The molecule has 1 atom stereocenters. The Labute approximate surface area is 196 Å². The second-order valence-corrected chi connectivity index (χ2v) is 8.36. The van der Waals surface area contributed by atoms with Gasteiger partial charge in [0.25, 0.3) is 5.91 Å². The molecule has 6 heteroatoms. The number of ketones is 1. The fourth-order valence-corrected chi connectivity index (χ4v) is 4.44. The second kappa shape index (κ2) is 8.30. The standard InChI is InChI=1S/C28H23NO5/c1-4-33-21-12-8-19(9-13-21)25-24-26(31)22-15-16(2)5-14-23(22)34-27(24)28(32)29(25)20-10-6-18(7-11-20)17(3)30/h5-15,25H,4H2,1-3H3. The van der Waals surface area contributed by atoms with Gasteiger partial charge in [0.15, 0.2) is 11.2 Å². The highest BCUT2D eigenvalue weighted by molar-refractivity contribution is 6.11. The van der Waals surface area contributed by atoms with E-state index >= 15 is 0 Å². The Morgan fingerprint density at radius 2 is 1.71 bits per heavy atom. The van der Waals surface area contributed by atoms with Crippen molar-refractivity contribution in [3.63, 3.8) is 0 Å². The van der Waals surface area contributed by atoms with Crippen LogP contribution in [0.4, 0.5) is 5.69 Å². The predicted molar refractivity (Wildman–Crippen MR) is 130 cm³/mol. The molecule has 1 aromatic heterocycles. The van der Waals surface area contributed by atoms with Crippen molar-refractivity contribution in [2.45, 2.75) is 26.8 Å². The van der Waals surface area contributed by atoms with Crippen LogP contribution in [-0.4, -0.2) is 18.3 Å². The minimum absolute atomic E-state index is 0.0379. The number of aryl methyl sites for hydroxylation is 1. The summed E-state index contributed by atoms with van der Waals surface area (Å²) in [6.07, 6.45) is 0. The van der Waals surface area contributed by atoms with Crippen LogP contribution < -0.4 is 15.1 Å². The van der Waals surface area contributed by atoms with Crippen LogP contribution >= 0.6 is 0 Å². The van der Waals surface area contributed by atoms with Crippen LogP contribution in [0.25, 0.3) is 11.0 Å². The number of nitrogens with zero attached hydrogens (tertiary/aromatic N) is 1. The first-order valence-electron chi connectivity index (χ1n) is 11.1. The molecule has 0 bridgehead atoms. The SMILES string of the molecule is CCOc1ccc(C2c3c(oc4ccc(C)cc4c3=O)C(=O)N2c2ccc(C(C)=O)cc2)cc1. The quantitative estimate of drug-likeness (QED) is 0.376. The number of benzene rings is 3. The molecule has 34 heavy (non-hydrogen) atoms. The molecule has 0 spiro atoms. The average molecular weight is 453 g/mol. The van der Waals surface area contributed by atoms with Gasteiger partial charge in [0, 0.05) is 11.3 Å². The van der Waals surface area contributed by atoms with Crippen LogP contribution in [0.2, 0.25) is 0 Å². The highest BCUT2D eigenvalue weighted by Crippen LogP contribution is 2.41. The van der Waals surface area contributed by atoms with E-state index in [2.05, 4.69) is 0 Å². The first kappa shape index (κ1) is 21.6. The Balaban J connectivity index is 1.73. The molecule has 0 saturated heterocycles. The van der Waals surface area contributed by atoms with Gasteiger partial charge in [-0.3, -0.25) is 19.3 Å². The molecule has 1 aliphatic heterocycles. The van der Waals surface area contributed by atoms with Crippen LogP contribution in [0.1, 0.15) is 57.5 Å². The summed E-state index contributed by atoms with van der Waals surface area (Å²) >= 11 is 0. The zero-order chi connectivity index (χ0) is 24.0. The lowest BCUT2D eigenvalue weighted by atomic mass is 9.97. The smallest absolute Gasteiger partial charge is 0.295 e. The Morgan fingerprint density at radius 3 is 2.35 bits per heavy atom. The Bertz CT molecular complexity index is 1480. The maximum absolute atomic E-state index is 13.7. The van der Waals surface area contributed by atoms with E-state index in [0.29, 0.717) is 40.1 Å². The Morgan fingerprint density at radius 1 is 1.00 bits per heavy atom. The van der Waals surface area contributed by atoms with E-state index in [-0.39, 0.29) is 17.0 Å². The first-order valence-corrected chi connectivity index (χ1v) is 11.1. The monoisotopic (exact) mass is 453 g/mol. The highest BCUT2D eigenvalue weighted by atomic mass is 16.5. The van der Waals surface area contributed by atoms with Gasteiger partial charge in [-0.05, 0) is 74.9 Å². The zero-order valence-electron chi connectivity index (χ0n) is 19.1. The molecule has 0 saturated carbocycles. The van der Waals surface area contributed by atoms with Crippen molar-refractivity contribution < 1.29 is 18.7 Å². The number of hydrogen-bond donors (Lipinski definition) is 0. The third kappa shape index (κ3) is 3.48. The van der Waals surface area contributed by atoms with E-state index in [1.54, 1.807) is 41.3 Å². The van der Waals surface area contributed by atoms with E-state index in [1.807, 2.05) is 44.2 Å². The number of fused-ring (bicyclic) bond motifs is 2. The van der Waals surface area contributed by atoms with Gasteiger partial charge in [0.05, 0.1) is 23.6 Å². The van der Waals surface area contributed by atoms with Gasteiger partial charge in [-0.2, -0.15) is 0 Å². The van der Waals surface area contributed by atoms with Crippen molar-refractivity contribution in [2.75, 3.05) is 11.5 Å². The number of anilines is 1. The molecule has 0 N–H and O–H groups in total. The molecule has 1 unspecified atom stereocenters. The summed E-state index contributed by atoms with van der Waals surface area (Å²) in [6.45, 7) is 5.84. The zero-order valence-corrected chi connectivity index (χ0v) is 19.1. The maximum Gasteiger partial charge on any atom is 0.295 e. The summed E-state index contributed by atoms with van der Waals surface area (Å²) in [5.74, 6) is 0.276. The van der Waals surface area contributed by atoms with Gasteiger partial charge < -0.3 is 9.15 Å². The fourth-order valence-electron chi connectivity index (χ4n) is 4.44. The molecule has 1 aliphatic rings. The minimum Gasteiger partial charge on any atom is -0.494 e. The number of amides is 1. The Hall–Kier alpha value is -4.19. The maximum atomic E-state index is 13.7. The van der Waals surface area contributed by atoms with Gasteiger partial charge >= 0.3 is 0 Å². The average Bonchev–Trinajstić information content (AvgIpc) is 3.13. The molecule has 0 aliphatic carbocycles. The largest absolute Gasteiger partial charge is 0.494 e. The Kier molecular flexibility index (Phi) is 5.28. The van der Waals surface area contributed by atoms with E-state index in [4.69, 9.17) is 9.15 Å². The van der Waals surface area contributed by atoms with Crippen molar-refractivity contribution >= 4 is 28.3 Å². The number of Topliss-reactive ketones (excluding diaryl/α,β-unsaturated/α-hetero) is 1. The lowest BCUT2D eigenvalue weighted by Crippen LogP contribution is -2.29. The topological polar surface area (TPSA) is 76.8 Å². The van der Waals surface area contributed by atoms with E-state index in [1.165, 1.54) is 6.92 Å². The summed E-state index contributed by atoms with van der Waals surface area (Å²) in [6, 6.07) is 18.8. The molecular formula is C28H23NO5. The summed E-state index contributed by atoms with van der Waals surface area (Å²) in [5.41, 5.74) is 3.25. The van der Waals surface area contributed by atoms with E-state index in [0.717, 1.165) is 11.1 Å². The molecule has 3 aromatic carbocycles. The van der Waals surface area contributed by atoms with Gasteiger partial charge in [-0.1, -0.05) is 23.8 Å². The molecule has 4 aromatic rings. The van der Waals surface area contributed by atoms with Gasteiger partial charge in [-0.15, -0.1) is 0 Å². The molecule has 170 valence electrons. The molecule has 6 nitrogen and oxygen atoms in total. The van der Waals surface area contributed by atoms with Crippen LogP contribution in [-0.2, 0) is 0 Å². The van der Waals surface area contributed by atoms with Crippen molar-refractivity contribution in [3.8, 4) is 5.75 Å². The van der Waals surface area contributed by atoms with Crippen molar-refractivity contribution in [1.29, 1.82) is 0 Å². The number of carbonyl (C=O) groups excluding carboxylic acids is 2. The third-order valence-electron chi connectivity index (χ3n) is 6.08. The van der Waals surface area contributed by atoms with Crippen LogP contribution in [0, 0.1) is 6.92 Å². The van der Waals surface area contributed by atoms with E-state index in [9.17, 15) is 14.4 Å². The lowest BCUT2D eigenvalue weighted by Gasteiger charge is -2.25. The number of carbonyl (C=O) groups is 2. The molecule has 1 amide bonds. The molecule has 0 fully saturated rings. The lowest BCUT2D eigenvalue weighted by molar-refractivity contribution is 0.0970. The van der Waals surface area contributed by atoms with Crippen molar-refractivity contribution in [2.24, 2.45) is 0 Å². The van der Waals surface area contributed by atoms with Gasteiger partial charge in [-0.25, -0.2) is 0 Å². The predicted octanol–water partition coefficient (Wildman–Crippen LogP) is 5.45. The molecule has 5 rings (SSSR count). The summed E-state index contributed by atoms with van der Waals surface area (Å²) in [4.78, 5) is 40.6. The number of ether oxygens (including phenoxy) is 1. The number of rotatable bonds is 5. The highest BCUT2D eigenvalue weighted by Gasteiger charge is 2.43. The molecule has 2 heterocycles. The van der Waals surface area contributed by atoms with E-state index < -0.39 is 11.9 Å². The summed E-state index contributed by atoms with van der Waals surface area (Å²) in [5, 5.41) is 0.441.